The van der Waals surface area contributed by atoms with Crippen molar-refractivity contribution >= 4 is 17.3 Å². The molecule has 1 amide bonds. The molecule has 0 radical (unpaired) electrons. The van der Waals surface area contributed by atoms with Gasteiger partial charge in [-0.3, -0.25) is 4.79 Å². The standard InChI is InChI=1S/C17H22N2O3/c1-12-2-3-14-15(10-12)19(11-16(20)18-14)13-4-6-17(7-5-13)21-8-9-22-17/h2-3,10,13H,4-9,11H2,1H3,(H,18,20). The van der Waals surface area contributed by atoms with Crippen LogP contribution in [0.15, 0.2) is 18.2 Å². The summed E-state index contributed by atoms with van der Waals surface area (Å²) in [6.45, 7) is 3.94. The Kier molecular flexibility index (Phi) is 3.35. The first kappa shape index (κ1) is 14.0. The van der Waals surface area contributed by atoms with E-state index in [1.165, 1.54) is 5.56 Å². The lowest BCUT2D eigenvalue weighted by molar-refractivity contribution is -0.178. The van der Waals surface area contributed by atoms with Gasteiger partial charge in [-0.2, -0.15) is 0 Å². The summed E-state index contributed by atoms with van der Waals surface area (Å²) in [4.78, 5) is 14.3. The van der Waals surface area contributed by atoms with Gasteiger partial charge in [-0.25, -0.2) is 0 Å². The average molecular weight is 302 g/mol. The van der Waals surface area contributed by atoms with Gasteiger partial charge in [0.15, 0.2) is 5.79 Å². The van der Waals surface area contributed by atoms with E-state index in [0.717, 1.165) is 37.1 Å². The topological polar surface area (TPSA) is 50.8 Å². The number of fused-ring (bicyclic) bond motifs is 1. The summed E-state index contributed by atoms with van der Waals surface area (Å²) < 4.78 is 11.6. The molecular formula is C17H22N2O3. The molecule has 5 heteroatoms. The van der Waals surface area contributed by atoms with Crippen molar-refractivity contribution in [2.24, 2.45) is 0 Å². The zero-order valence-corrected chi connectivity index (χ0v) is 12.9. The monoisotopic (exact) mass is 302 g/mol. The molecule has 3 aliphatic rings. The van der Waals surface area contributed by atoms with Crippen molar-refractivity contribution in [2.75, 3.05) is 30.0 Å². The Morgan fingerprint density at radius 3 is 2.68 bits per heavy atom. The number of carbonyl (C=O) groups is 1. The van der Waals surface area contributed by atoms with E-state index < -0.39 is 0 Å². The van der Waals surface area contributed by atoms with Gasteiger partial charge in [-0.05, 0) is 37.5 Å². The van der Waals surface area contributed by atoms with E-state index in [2.05, 4.69) is 23.2 Å². The molecule has 1 saturated heterocycles. The second-order valence-electron chi connectivity index (χ2n) is 6.54. The van der Waals surface area contributed by atoms with Crippen molar-refractivity contribution in [3.05, 3.63) is 23.8 Å². The minimum Gasteiger partial charge on any atom is -0.358 e. The van der Waals surface area contributed by atoms with Crippen molar-refractivity contribution in [3.8, 4) is 0 Å². The van der Waals surface area contributed by atoms with E-state index in [4.69, 9.17) is 9.47 Å². The number of anilines is 2. The third kappa shape index (κ3) is 2.38. The normalized spacial score (nSPS) is 24.4. The first-order valence-electron chi connectivity index (χ1n) is 8.10. The minimum absolute atomic E-state index is 0.0741. The molecule has 0 bridgehead atoms. The maximum Gasteiger partial charge on any atom is 0.243 e. The smallest absolute Gasteiger partial charge is 0.243 e. The zero-order valence-electron chi connectivity index (χ0n) is 12.9. The number of rotatable bonds is 1. The summed E-state index contributed by atoms with van der Waals surface area (Å²) in [6.07, 6.45) is 3.83. The van der Waals surface area contributed by atoms with Crippen molar-refractivity contribution in [1.82, 2.24) is 0 Å². The Morgan fingerprint density at radius 2 is 1.95 bits per heavy atom. The molecule has 2 aliphatic heterocycles. The van der Waals surface area contributed by atoms with Crippen LogP contribution in [-0.2, 0) is 14.3 Å². The molecule has 1 aromatic carbocycles. The molecule has 1 saturated carbocycles. The second-order valence-corrected chi connectivity index (χ2v) is 6.54. The molecule has 0 atom stereocenters. The average Bonchev–Trinajstić information content (AvgIpc) is 2.96. The predicted molar refractivity (Wildman–Crippen MR) is 84.0 cm³/mol. The number of ether oxygens (including phenoxy) is 2. The van der Waals surface area contributed by atoms with Crippen LogP contribution in [0.25, 0.3) is 0 Å². The third-order valence-corrected chi connectivity index (χ3v) is 5.02. The molecule has 0 aromatic heterocycles. The van der Waals surface area contributed by atoms with E-state index in [-0.39, 0.29) is 11.7 Å². The minimum atomic E-state index is -0.343. The van der Waals surface area contributed by atoms with E-state index >= 15 is 0 Å². The van der Waals surface area contributed by atoms with Crippen molar-refractivity contribution in [1.29, 1.82) is 0 Å². The quantitative estimate of drug-likeness (QED) is 0.865. The van der Waals surface area contributed by atoms with Crippen LogP contribution in [0.2, 0.25) is 0 Å². The van der Waals surface area contributed by atoms with E-state index in [0.29, 0.717) is 25.8 Å². The molecule has 0 unspecified atom stereocenters. The van der Waals surface area contributed by atoms with Crippen LogP contribution in [-0.4, -0.2) is 37.5 Å². The molecule has 1 aromatic rings. The molecule has 5 nitrogen and oxygen atoms in total. The lowest BCUT2D eigenvalue weighted by Crippen LogP contribution is -2.49. The van der Waals surface area contributed by atoms with Gasteiger partial charge >= 0.3 is 0 Å². The summed E-state index contributed by atoms with van der Waals surface area (Å²) >= 11 is 0. The molecule has 22 heavy (non-hydrogen) atoms. The fraction of sp³-hybridized carbons (Fsp3) is 0.588. The van der Waals surface area contributed by atoms with Crippen LogP contribution in [0.5, 0.6) is 0 Å². The number of nitrogens with zero attached hydrogens (tertiary/aromatic N) is 1. The Hall–Kier alpha value is -1.59. The lowest BCUT2D eigenvalue weighted by Gasteiger charge is -2.43. The number of hydrogen-bond donors (Lipinski definition) is 1. The molecule has 1 aliphatic carbocycles. The van der Waals surface area contributed by atoms with Crippen molar-refractivity contribution < 1.29 is 14.3 Å². The molecule has 1 N–H and O–H groups in total. The largest absolute Gasteiger partial charge is 0.358 e. The summed E-state index contributed by atoms with van der Waals surface area (Å²) in [6, 6.07) is 6.59. The number of hydrogen-bond acceptors (Lipinski definition) is 4. The molecule has 2 heterocycles. The SMILES string of the molecule is Cc1ccc2c(c1)N(C1CCC3(CC1)OCCO3)CC(=O)N2. The van der Waals surface area contributed by atoms with E-state index in [1.54, 1.807) is 0 Å². The van der Waals surface area contributed by atoms with E-state index in [1.807, 2.05) is 12.1 Å². The van der Waals surface area contributed by atoms with Crippen LogP contribution in [0.3, 0.4) is 0 Å². The van der Waals surface area contributed by atoms with Gasteiger partial charge in [-0.15, -0.1) is 0 Å². The number of aryl methyl sites for hydroxylation is 1. The summed E-state index contributed by atoms with van der Waals surface area (Å²) in [5.74, 6) is -0.269. The maximum absolute atomic E-state index is 12.0. The fourth-order valence-corrected chi connectivity index (χ4v) is 3.88. The van der Waals surface area contributed by atoms with Crippen LogP contribution >= 0.6 is 0 Å². The third-order valence-electron chi connectivity index (χ3n) is 5.02. The number of benzene rings is 1. The Balaban J connectivity index is 1.56. The van der Waals surface area contributed by atoms with Gasteiger partial charge in [0.2, 0.25) is 5.91 Å². The molecular weight excluding hydrogens is 280 g/mol. The predicted octanol–water partition coefficient (Wildman–Crippen LogP) is 2.44. The van der Waals surface area contributed by atoms with Gasteiger partial charge in [0, 0.05) is 18.9 Å². The fourth-order valence-electron chi connectivity index (χ4n) is 3.88. The van der Waals surface area contributed by atoms with Crippen LogP contribution in [0.1, 0.15) is 31.2 Å². The number of carbonyl (C=O) groups excluding carboxylic acids is 1. The van der Waals surface area contributed by atoms with Crippen molar-refractivity contribution in [3.63, 3.8) is 0 Å². The first-order valence-corrected chi connectivity index (χ1v) is 8.10. The van der Waals surface area contributed by atoms with Gasteiger partial charge in [0.1, 0.15) is 0 Å². The van der Waals surface area contributed by atoms with Crippen LogP contribution in [0.4, 0.5) is 11.4 Å². The second kappa shape index (κ2) is 5.25. The van der Waals surface area contributed by atoms with Gasteiger partial charge < -0.3 is 19.7 Å². The summed E-state index contributed by atoms with van der Waals surface area (Å²) in [7, 11) is 0. The molecule has 2 fully saturated rings. The van der Waals surface area contributed by atoms with Crippen LogP contribution in [0, 0.1) is 6.92 Å². The van der Waals surface area contributed by atoms with E-state index in [9.17, 15) is 4.79 Å². The first-order chi connectivity index (χ1) is 10.7. The Bertz CT molecular complexity index is 586. The highest BCUT2D eigenvalue weighted by Gasteiger charge is 2.42. The zero-order chi connectivity index (χ0) is 15.2. The Morgan fingerprint density at radius 1 is 1.23 bits per heavy atom. The van der Waals surface area contributed by atoms with Gasteiger partial charge in [-0.1, -0.05) is 6.07 Å². The summed E-state index contributed by atoms with van der Waals surface area (Å²) in [5, 5.41) is 2.97. The van der Waals surface area contributed by atoms with Crippen LogP contribution < -0.4 is 10.2 Å². The molecule has 1 spiro atoms. The highest BCUT2D eigenvalue weighted by atomic mass is 16.7. The Labute approximate surface area is 130 Å². The lowest BCUT2D eigenvalue weighted by atomic mass is 9.88. The number of amides is 1. The van der Waals surface area contributed by atoms with Gasteiger partial charge in [0.05, 0.1) is 31.1 Å². The molecule has 118 valence electrons. The number of nitrogens with one attached hydrogen (secondary N) is 1. The highest BCUT2D eigenvalue weighted by molar-refractivity contribution is 6.01. The summed E-state index contributed by atoms with van der Waals surface area (Å²) in [5.41, 5.74) is 3.29. The van der Waals surface area contributed by atoms with Crippen molar-refractivity contribution in [2.45, 2.75) is 44.4 Å². The van der Waals surface area contributed by atoms with Gasteiger partial charge in [0.25, 0.3) is 0 Å². The maximum atomic E-state index is 12.0. The molecule has 4 rings (SSSR count). The highest BCUT2D eigenvalue weighted by Crippen LogP contribution is 2.40.